The lowest BCUT2D eigenvalue weighted by atomic mass is 9.96. The molecule has 1 amide bonds. The first-order valence-corrected chi connectivity index (χ1v) is 11.5. The van der Waals surface area contributed by atoms with Crippen molar-refractivity contribution >= 4 is 60.7 Å². The fourth-order valence-electron chi connectivity index (χ4n) is 4.52. The van der Waals surface area contributed by atoms with E-state index in [-0.39, 0.29) is 48.8 Å². The van der Waals surface area contributed by atoms with E-state index in [2.05, 4.69) is 27.2 Å². The van der Waals surface area contributed by atoms with Crippen LogP contribution in [0.1, 0.15) is 29.3 Å². The van der Waals surface area contributed by atoms with Crippen LogP contribution in [-0.4, -0.2) is 43.3 Å². The van der Waals surface area contributed by atoms with Gasteiger partial charge in [-0.2, -0.15) is 0 Å². The predicted molar refractivity (Wildman–Crippen MR) is 154 cm³/mol. The largest absolute Gasteiger partial charge is 0.399 e. The van der Waals surface area contributed by atoms with Gasteiger partial charge in [0, 0.05) is 30.9 Å². The molecule has 1 aromatic heterocycles. The molecular formula is C26H28Cl3F4N5O2. The van der Waals surface area contributed by atoms with Crippen LogP contribution < -0.4 is 16.0 Å². The highest BCUT2D eigenvalue weighted by Crippen LogP contribution is 2.34. The smallest absolute Gasteiger partial charge is 0.258 e. The van der Waals surface area contributed by atoms with Crippen molar-refractivity contribution in [2.75, 3.05) is 30.4 Å². The normalized spacial score (nSPS) is 16.4. The zero-order valence-electron chi connectivity index (χ0n) is 21.4. The Morgan fingerprint density at radius 3 is 2.38 bits per heavy atom. The summed E-state index contributed by atoms with van der Waals surface area (Å²) < 4.78 is 59.7. The molecule has 2 heterocycles. The first-order valence-electron chi connectivity index (χ1n) is 11.5. The Morgan fingerprint density at radius 1 is 1.07 bits per heavy atom. The quantitative estimate of drug-likeness (QED) is 0.200. The number of carbonyl (C=O) groups is 1. The van der Waals surface area contributed by atoms with Gasteiger partial charge in [-0.1, -0.05) is 12.1 Å². The van der Waals surface area contributed by atoms with E-state index in [9.17, 15) is 18.0 Å². The maximum Gasteiger partial charge on any atom is 0.258 e. The van der Waals surface area contributed by atoms with Crippen molar-refractivity contribution < 1.29 is 27.2 Å². The second kappa shape index (κ2) is 15.0. The maximum atomic E-state index is 15.5. The Hall–Kier alpha value is -3.12. The van der Waals surface area contributed by atoms with Crippen molar-refractivity contribution in [3.05, 3.63) is 77.1 Å². The number of anilines is 2. The number of benzene rings is 2. The fourth-order valence-corrected chi connectivity index (χ4v) is 4.52. The number of pyridine rings is 1. The zero-order valence-corrected chi connectivity index (χ0v) is 23.8. The van der Waals surface area contributed by atoms with Crippen LogP contribution in [0.25, 0.3) is 11.1 Å². The number of nitrogens with one attached hydrogen (secondary N) is 1. The van der Waals surface area contributed by atoms with Gasteiger partial charge in [-0.25, -0.2) is 17.6 Å². The topological polar surface area (TPSA) is 92.8 Å². The Balaban J connectivity index is 0.00000267. The van der Waals surface area contributed by atoms with E-state index in [0.29, 0.717) is 30.4 Å². The number of piperidine rings is 1. The van der Waals surface area contributed by atoms with Crippen molar-refractivity contribution in [1.29, 1.82) is 0 Å². The van der Waals surface area contributed by atoms with E-state index in [1.807, 2.05) is 4.90 Å². The fraction of sp³-hybridized carbons (Fsp3) is 0.269. The van der Waals surface area contributed by atoms with Gasteiger partial charge in [-0.05, 0) is 42.7 Å². The number of nitrogens with zero attached hydrogens (tertiary/aromatic N) is 3. The minimum Gasteiger partial charge on any atom is -0.399 e. The number of halogens is 7. The molecule has 4 rings (SSSR count). The van der Waals surface area contributed by atoms with Gasteiger partial charge in [0.05, 0.1) is 40.5 Å². The summed E-state index contributed by atoms with van der Waals surface area (Å²) in [4.78, 5) is 23.6. The Morgan fingerprint density at radius 2 is 1.75 bits per heavy atom. The number of amides is 1. The highest BCUT2D eigenvalue weighted by Gasteiger charge is 2.27. The van der Waals surface area contributed by atoms with Crippen LogP contribution in [0, 0.1) is 29.2 Å². The molecule has 0 unspecified atom stereocenters. The molecular weight excluding hydrogens is 597 g/mol. The molecule has 2 atom stereocenters. The number of rotatable bonds is 6. The summed E-state index contributed by atoms with van der Waals surface area (Å²) in [5, 5.41) is 6.00. The summed E-state index contributed by atoms with van der Waals surface area (Å²) in [5.41, 5.74) is 4.51. The Bertz CT molecular complexity index is 1330. The molecule has 0 bridgehead atoms. The highest BCUT2D eigenvalue weighted by molar-refractivity contribution is 6.06. The molecule has 0 saturated carbocycles. The van der Waals surface area contributed by atoms with Gasteiger partial charge >= 0.3 is 0 Å². The van der Waals surface area contributed by atoms with Crippen LogP contribution in [0.5, 0.6) is 0 Å². The molecule has 1 saturated heterocycles. The van der Waals surface area contributed by atoms with Gasteiger partial charge in [-0.3, -0.25) is 9.78 Å². The molecule has 2 aromatic carbocycles. The first-order chi connectivity index (χ1) is 17.7. The molecule has 0 spiro atoms. The maximum absolute atomic E-state index is 15.5. The first kappa shape index (κ1) is 34.9. The third kappa shape index (κ3) is 7.54. The number of hydrogen-bond acceptors (Lipinski definition) is 6. The Kier molecular flexibility index (Phi) is 13.1. The number of carbonyl (C=O) groups excluding carboxylic acids is 1. The second-order valence-corrected chi connectivity index (χ2v) is 8.91. The van der Waals surface area contributed by atoms with Gasteiger partial charge in [-0.15, -0.1) is 37.2 Å². The third-order valence-electron chi connectivity index (χ3n) is 6.04. The minimum absolute atomic E-state index is 0. The summed E-state index contributed by atoms with van der Waals surface area (Å²) in [6.45, 7) is 3.31. The van der Waals surface area contributed by atoms with E-state index in [1.165, 1.54) is 13.3 Å². The summed E-state index contributed by atoms with van der Waals surface area (Å²) in [5.74, 6) is -5.74. The highest BCUT2D eigenvalue weighted by atomic mass is 35.5. The van der Waals surface area contributed by atoms with Crippen molar-refractivity contribution in [3.63, 3.8) is 0 Å². The molecule has 218 valence electrons. The van der Waals surface area contributed by atoms with Gasteiger partial charge < -0.3 is 20.8 Å². The molecule has 1 aliphatic rings. The third-order valence-corrected chi connectivity index (χ3v) is 6.04. The molecule has 40 heavy (non-hydrogen) atoms. The second-order valence-electron chi connectivity index (χ2n) is 8.91. The number of oxime groups is 1. The van der Waals surface area contributed by atoms with E-state index in [1.54, 1.807) is 12.3 Å². The molecule has 3 aromatic rings. The van der Waals surface area contributed by atoms with Gasteiger partial charge in [0.1, 0.15) is 30.4 Å². The van der Waals surface area contributed by atoms with Crippen LogP contribution in [0.15, 0.2) is 47.9 Å². The van der Waals surface area contributed by atoms with E-state index in [0.717, 1.165) is 36.9 Å². The van der Waals surface area contributed by atoms with E-state index >= 15 is 4.39 Å². The average molecular weight is 625 g/mol. The van der Waals surface area contributed by atoms with Gasteiger partial charge in [0.15, 0.2) is 0 Å². The van der Waals surface area contributed by atoms with E-state index in [4.69, 9.17) is 5.73 Å². The molecule has 14 heteroatoms. The average Bonchev–Trinajstić information content (AvgIpc) is 2.84. The lowest BCUT2D eigenvalue weighted by Crippen LogP contribution is -2.46. The lowest BCUT2D eigenvalue weighted by molar-refractivity contribution is 0.102. The van der Waals surface area contributed by atoms with Gasteiger partial charge in [0.25, 0.3) is 5.91 Å². The molecule has 1 fully saturated rings. The van der Waals surface area contributed by atoms with Crippen molar-refractivity contribution in [3.8, 4) is 11.1 Å². The summed E-state index contributed by atoms with van der Waals surface area (Å²) in [6, 6.07) is 5.02. The van der Waals surface area contributed by atoms with E-state index < -0.39 is 45.9 Å². The lowest BCUT2D eigenvalue weighted by Gasteiger charge is -2.37. The van der Waals surface area contributed by atoms with Crippen LogP contribution in [0.2, 0.25) is 0 Å². The number of nitrogens with two attached hydrogens (primary N) is 1. The summed E-state index contributed by atoms with van der Waals surface area (Å²) in [7, 11) is 1.25. The Labute approximate surface area is 247 Å². The van der Waals surface area contributed by atoms with Crippen molar-refractivity contribution in [2.24, 2.45) is 16.8 Å². The molecule has 0 aliphatic carbocycles. The van der Waals surface area contributed by atoms with Crippen LogP contribution in [0.3, 0.4) is 0 Å². The van der Waals surface area contributed by atoms with Crippen LogP contribution in [0.4, 0.5) is 28.9 Å². The standard InChI is InChI=1S/C26H25F4N5O2.3ClH/c1-14-7-16(31)13-35(12-14)22-5-6-32-11-21(22)34-26(36)17-3-4-18(27)24(25(17)30)23-19(28)8-15(9-20(23)29)10-33-37-2;;;/h3-6,8-11,14,16H,7,12-13,31H2,1-2H3,(H,34,36);3*1H/b33-10+;;;/t14-,16+;;;/m1.../s1. The van der Waals surface area contributed by atoms with Crippen molar-refractivity contribution in [2.45, 2.75) is 19.4 Å². The monoisotopic (exact) mass is 623 g/mol. The van der Waals surface area contributed by atoms with Crippen molar-refractivity contribution in [1.82, 2.24) is 4.98 Å². The SMILES string of the molecule is CO/N=C/c1cc(F)c(-c2c(F)ccc(C(=O)Nc3cnccc3N3C[C@H](C)C[C@H](N)C3)c2F)c(F)c1.Cl.Cl.Cl. The predicted octanol–water partition coefficient (Wildman–Crippen LogP) is 5.98. The zero-order chi connectivity index (χ0) is 26.7. The van der Waals surface area contributed by atoms with Gasteiger partial charge in [0.2, 0.25) is 0 Å². The summed E-state index contributed by atoms with van der Waals surface area (Å²) >= 11 is 0. The van der Waals surface area contributed by atoms with Crippen LogP contribution in [-0.2, 0) is 4.84 Å². The molecule has 7 nitrogen and oxygen atoms in total. The number of hydrogen-bond donors (Lipinski definition) is 2. The summed E-state index contributed by atoms with van der Waals surface area (Å²) in [6.07, 6.45) is 4.85. The van der Waals surface area contributed by atoms with Crippen LogP contribution >= 0.6 is 37.2 Å². The molecule has 0 radical (unpaired) electrons. The molecule has 3 N–H and O–H groups in total. The minimum atomic E-state index is -1.41. The molecule has 1 aliphatic heterocycles. The number of aromatic nitrogens is 1.